The minimum absolute atomic E-state index is 0.108. The number of allylic oxidation sites excluding steroid dienone is 2. The van der Waals surface area contributed by atoms with Gasteiger partial charge in [0.25, 0.3) is 0 Å². The van der Waals surface area contributed by atoms with Crippen molar-refractivity contribution in [3.63, 3.8) is 0 Å². The van der Waals surface area contributed by atoms with Gasteiger partial charge >= 0.3 is 302 Å². The molecule has 2 fully saturated rings. The van der Waals surface area contributed by atoms with Gasteiger partial charge in [-0.05, 0) is 0 Å². The van der Waals surface area contributed by atoms with Gasteiger partial charge in [-0.2, -0.15) is 0 Å². The molecule has 4 aromatic rings. The Kier molecular flexibility index (Phi) is 7.86. The van der Waals surface area contributed by atoms with Gasteiger partial charge in [0.05, 0.1) is 0 Å². The van der Waals surface area contributed by atoms with Crippen LogP contribution in [0, 0.1) is 5.41 Å². The molecule has 3 aliphatic carbocycles. The van der Waals surface area contributed by atoms with Crippen LogP contribution in [0.15, 0.2) is 83.9 Å². The van der Waals surface area contributed by atoms with Crippen molar-refractivity contribution in [3.8, 4) is 22.3 Å². The molecule has 0 nitrogen and oxygen atoms in total. The van der Waals surface area contributed by atoms with Crippen molar-refractivity contribution in [2.45, 2.75) is 60.7 Å². The number of fused-ring (bicyclic) bond motifs is 8. The second-order valence-electron chi connectivity index (χ2n) is 15.0. The Morgan fingerprint density at radius 1 is 0.509 bits per heavy atom. The molecule has 276 valence electrons. The molecule has 1 heterocycles. The fourth-order valence-corrected chi connectivity index (χ4v) is 26.5. The average molecular weight is 915 g/mol. The van der Waals surface area contributed by atoms with E-state index in [9.17, 15) is 52.7 Å². The fourth-order valence-electron chi connectivity index (χ4n) is 9.40. The molecule has 1 aliphatic heterocycles. The van der Waals surface area contributed by atoms with Crippen molar-refractivity contribution >= 4 is 12.2 Å². The van der Waals surface area contributed by atoms with E-state index >= 15 is 0 Å². The van der Waals surface area contributed by atoms with E-state index in [1.807, 2.05) is 24.3 Å². The van der Waals surface area contributed by atoms with E-state index < -0.39 is 72.3 Å². The molecule has 0 N–H and O–H groups in total. The van der Waals surface area contributed by atoms with Crippen LogP contribution in [0.2, 0.25) is 9.36 Å². The Morgan fingerprint density at radius 3 is 1.13 bits per heavy atom. The zero-order chi connectivity index (χ0) is 38.3. The molecule has 2 atom stereocenters. The monoisotopic (exact) mass is 916 g/mol. The van der Waals surface area contributed by atoms with Crippen LogP contribution in [0.1, 0.15) is 71.1 Å². The Hall–Kier alpha value is -3.61. The summed E-state index contributed by atoms with van der Waals surface area (Å²) in [6, 6.07) is 13.3. The summed E-state index contributed by atoms with van der Waals surface area (Å²) in [6.45, 7) is 0. The number of hydrogen-bond acceptors (Lipinski definition) is 0. The molecule has 4 aromatic carbocycles. The molecule has 13 heteroatoms. The third-order valence-electron chi connectivity index (χ3n) is 11.7. The molecule has 1 spiro atoms. The predicted molar refractivity (Wildman–Crippen MR) is 173 cm³/mol. The Balaban J connectivity index is 1.31. The number of halogens is 12. The van der Waals surface area contributed by atoms with E-state index in [1.54, 1.807) is 12.1 Å². The summed E-state index contributed by atoms with van der Waals surface area (Å²) < 4.78 is 171. The molecule has 0 aromatic heterocycles. The quantitative estimate of drug-likeness (QED) is 0.139. The normalized spacial score (nSPS) is 21.3. The third kappa shape index (κ3) is 5.60. The first-order chi connectivity index (χ1) is 24.5. The summed E-state index contributed by atoms with van der Waals surface area (Å²) in [5.41, 5.74) is -1.12. The van der Waals surface area contributed by atoms with Crippen LogP contribution in [0.25, 0.3) is 34.4 Å². The number of benzene rings is 4. The molecule has 4 aliphatic rings. The molecular formula is C40H28F12Hf. The summed E-state index contributed by atoms with van der Waals surface area (Å²) in [5, 5.41) is 0. The van der Waals surface area contributed by atoms with Gasteiger partial charge in [0.2, 0.25) is 0 Å². The Labute approximate surface area is 300 Å². The first-order valence-electron chi connectivity index (χ1n) is 16.8. The zero-order valence-corrected chi connectivity index (χ0v) is 31.5. The topological polar surface area (TPSA) is 0 Å². The van der Waals surface area contributed by atoms with Crippen molar-refractivity contribution in [2.24, 2.45) is 5.41 Å². The van der Waals surface area contributed by atoms with E-state index in [4.69, 9.17) is 0 Å². The van der Waals surface area contributed by atoms with E-state index in [1.165, 1.54) is 12.1 Å². The van der Waals surface area contributed by atoms with Crippen molar-refractivity contribution in [1.82, 2.24) is 0 Å². The molecule has 53 heavy (non-hydrogen) atoms. The summed E-state index contributed by atoms with van der Waals surface area (Å²) in [6.07, 6.45) is -14.0. The second kappa shape index (κ2) is 11.5. The summed E-state index contributed by atoms with van der Waals surface area (Å²) in [4.78, 5) is 0. The molecular weight excluding hydrogens is 887 g/mol. The summed E-state index contributed by atoms with van der Waals surface area (Å²) in [7, 11) is 0. The van der Waals surface area contributed by atoms with Gasteiger partial charge in [0, 0.05) is 0 Å². The Bertz CT molecular complexity index is 2040. The molecule has 0 bridgehead atoms. The van der Waals surface area contributed by atoms with Gasteiger partial charge in [-0.1, -0.05) is 0 Å². The molecule has 2 unspecified atom stereocenters. The predicted octanol–water partition coefficient (Wildman–Crippen LogP) is 14.1. The standard InChI is InChI=1S/C38H22F12.2CH3.Hf/c39-35(40,41)26-12-22(13-27(16-26)36(42,43)44)30-6-1-4-20-10-24(18-32(20)30)34(8-3-9-34)25-11-21-5-2-7-31(33(21)19-25)23-14-28(37(45,46)47)17-29(15-23)38(48,49)50;;;/h1-2,4-7,10-19H,3,8-9H2;2*1H3;. The van der Waals surface area contributed by atoms with Gasteiger partial charge in [-0.3, -0.25) is 0 Å². The van der Waals surface area contributed by atoms with Crippen LogP contribution in [0.4, 0.5) is 52.7 Å². The van der Waals surface area contributed by atoms with Crippen LogP contribution in [0.3, 0.4) is 0 Å². The Morgan fingerprint density at radius 2 is 0.849 bits per heavy atom. The SMILES string of the molecule is [CH3][Hf]1([CH3])[CH]2C(=Cc3c(-c4cc(C(F)(F)F)cc(C(F)(F)F)c4)cccc32)C2(CCC2)C2=Cc3c(-c4cc(C(F)(F)F)cc(C(F)(F)F)c4)cccc3[CH]21. The second-order valence-corrected chi connectivity index (χ2v) is 32.3. The van der Waals surface area contributed by atoms with Gasteiger partial charge < -0.3 is 0 Å². The third-order valence-corrected chi connectivity index (χ3v) is 26.9. The average Bonchev–Trinajstić information content (AvgIpc) is 3.63. The van der Waals surface area contributed by atoms with Crippen molar-refractivity contribution < 1.29 is 72.7 Å². The number of hydrogen-bond donors (Lipinski definition) is 0. The fraction of sp³-hybridized carbons (Fsp3) is 0.300. The first-order valence-corrected chi connectivity index (χ1v) is 28.1. The summed E-state index contributed by atoms with van der Waals surface area (Å²) >= 11 is -3.89. The van der Waals surface area contributed by atoms with Crippen LogP contribution >= 0.6 is 0 Å². The van der Waals surface area contributed by atoms with Crippen LogP contribution in [0.5, 0.6) is 0 Å². The van der Waals surface area contributed by atoms with Gasteiger partial charge in [0.15, 0.2) is 0 Å². The van der Waals surface area contributed by atoms with E-state index in [-0.39, 0.29) is 41.7 Å². The molecule has 0 amide bonds. The maximum absolute atomic E-state index is 13.9. The molecule has 1 saturated carbocycles. The first kappa shape index (κ1) is 36.4. The summed E-state index contributed by atoms with van der Waals surface area (Å²) in [5.74, 6) is 0. The van der Waals surface area contributed by atoms with Crippen molar-refractivity contribution in [2.75, 3.05) is 0 Å². The van der Waals surface area contributed by atoms with Gasteiger partial charge in [0.1, 0.15) is 0 Å². The van der Waals surface area contributed by atoms with E-state index in [0.29, 0.717) is 24.0 Å². The number of rotatable bonds is 2. The zero-order valence-electron chi connectivity index (χ0n) is 27.9. The van der Waals surface area contributed by atoms with Crippen LogP contribution < -0.4 is 0 Å². The van der Waals surface area contributed by atoms with Crippen LogP contribution in [-0.4, -0.2) is 0 Å². The van der Waals surface area contributed by atoms with Crippen LogP contribution in [-0.2, 0) is 44.7 Å². The minimum atomic E-state index is -5.02. The molecule has 0 radical (unpaired) electrons. The van der Waals surface area contributed by atoms with Crippen molar-refractivity contribution in [3.05, 3.63) is 128 Å². The number of alkyl halides is 12. The molecule has 1 saturated heterocycles. The maximum atomic E-state index is 13.9. The van der Waals surface area contributed by atoms with Gasteiger partial charge in [-0.15, -0.1) is 0 Å². The molecule has 8 rings (SSSR count). The van der Waals surface area contributed by atoms with Gasteiger partial charge in [-0.25, -0.2) is 0 Å². The van der Waals surface area contributed by atoms with E-state index in [0.717, 1.165) is 53.0 Å². The van der Waals surface area contributed by atoms with Crippen molar-refractivity contribution in [1.29, 1.82) is 0 Å². The van der Waals surface area contributed by atoms with E-state index in [2.05, 4.69) is 9.36 Å².